The molecular formula is C22H26ClN3O4. The SMILES string of the molecule is O=C(COc1ccc(Cl)cc1)Nc1ccc(N2CCOCC2)cc1N1CCOCC1. The van der Waals surface area contributed by atoms with Crippen LogP contribution in [-0.2, 0) is 14.3 Å². The quantitative estimate of drug-likeness (QED) is 0.758. The Labute approximate surface area is 181 Å². The highest BCUT2D eigenvalue weighted by Gasteiger charge is 2.19. The summed E-state index contributed by atoms with van der Waals surface area (Å²) in [5.41, 5.74) is 2.91. The molecule has 2 aromatic carbocycles. The van der Waals surface area contributed by atoms with Gasteiger partial charge in [0.15, 0.2) is 6.61 Å². The van der Waals surface area contributed by atoms with E-state index in [1.54, 1.807) is 24.3 Å². The first kappa shape index (κ1) is 20.8. The number of hydrogen-bond acceptors (Lipinski definition) is 6. The molecule has 8 heteroatoms. The van der Waals surface area contributed by atoms with Gasteiger partial charge in [-0.2, -0.15) is 0 Å². The average Bonchev–Trinajstić information content (AvgIpc) is 2.80. The van der Waals surface area contributed by atoms with Crippen molar-refractivity contribution in [2.24, 2.45) is 0 Å². The summed E-state index contributed by atoms with van der Waals surface area (Å²) in [7, 11) is 0. The fraction of sp³-hybridized carbons (Fsp3) is 0.409. The minimum absolute atomic E-state index is 0.0740. The van der Waals surface area contributed by atoms with Gasteiger partial charge in [-0.05, 0) is 42.5 Å². The van der Waals surface area contributed by atoms with Crippen LogP contribution in [0.3, 0.4) is 0 Å². The van der Waals surface area contributed by atoms with Crippen LogP contribution in [0.25, 0.3) is 0 Å². The van der Waals surface area contributed by atoms with E-state index in [2.05, 4.69) is 21.2 Å². The van der Waals surface area contributed by atoms with Gasteiger partial charge in [0, 0.05) is 36.9 Å². The number of rotatable bonds is 6. The van der Waals surface area contributed by atoms with Gasteiger partial charge in [-0.3, -0.25) is 4.79 Å². The maximum Gasteiger partial charge on any atom is 0.262 e. The third-order valence-corrected chi connectivity index (χ3v) is 5.42. The highest BCUT2D eigenvalue weighted by molar-refractivity contribution is 6.30. The Kier molecular flexibility index (Phi) is 6.94. The van der Waals surface area contributed by atoms with Gasteiger partial charge in [-0.1, -0.05) is 11.6 Å². The molecule has 0 radical (unpaired) electrons. The summed E-state index contributed by atoms with van der Waals surface area (Å²) in [5, 5.41) is 3.63. The number of anilines is 3. The molecule has 0 atom stereocenters. The Balaban J connectivity index is 1.47. The molecule has 0 spiro atoms. The molecule has 0 aliphatic carbocycles. The smallest absolute Gasteiger partial charge is 0.262 e. The highest BCUT2D eigenvalue weighted by atomic mass is 35.5. The second-order valence-electron chi connectivity index (χ2n) is 7.19. The Morgan fingerprint density at radius 3 is 2.23 bits per heavy atom. The summed E-state index contributed by atoms with van der Waals surface area (Å²) < 4.78 is 16.5. The number of morpholine rings is 2. The first-order valence-electron chi connectivity index (χ1n) is 10.2. The van der Waals surface area contributed by atoms with Crippen LogP contribution in [0.1, 0.15) is 0 Å². The van der Waals surface area contributed by atoms with Gasteiger partial charge in [0.2, 0.25) is 0 Å². The van der Waals surface area contributed by atoms with E-state index in [9.17, 15) is 4.79 Å². The molecule has 2 heterocycles. The van der Waals surface area contributed by atoms with Gasteiger partial charge in [-0.25, -0.2) is 0 Å². The Bertz CT molecular complexity index is 850. The van der Waals surface area contributed by atoms with E-state index >= 15 is 0 Å². The molecule has 2 aliphatic heterocycles. The van der Waals surface area contributed by atoms with E-state index in [4.69, 9.17) is 25.8 Å². The highest BCUT2D eigenvalue weighted by Crippen LogP contribution is 2.32. The monoisotopic (exact) mass is 431 g/mol. The van der Waals surface area contributed by atoms with Crippen molar-refractivity contribution in [3.05, 3.63) is 47.5 Å². The number of carbonyl (C=O) groups excluding carboxylic acids is 1. The predicted octanol–water partition coefficient (Wildman–Crippen LogP) is 3.03. The number of amides is 1. The molecule has 7 nitrogen and oxygen atoms in total. The summed E-state index contributed by atoms with van der Waals surface area (Å²) >= 11 is 5.88. The van der Waals surface area contributed by atoms with Crippen molar-refractivity contribution >= 4 is 34.6 Å². The summed E-state index contributed by atoms with van der Waals surface area (Å²) in [5.74, 6) is 0.393. The second kappa shape index (κ2) is 10.0. The lowest BCUT2D eigenvalue weighted by Crippen LogP contribution is -2.38. The first-order chi connectivity index (χ1) is 14.7. The van der Waals surface area contributed by atoms with Crippen LogP contribution in [0, 0.1) is 0 Å². The number of nitrogens with one attached hydrogen (secondary N) is 1. The fourth-order valence-electron chi connectivity index (χ4n) is 3.58. The lowest BCUT2D eigenvalue weighted by atomic mass is 10.1. The first-order valence-corrected chi connectivity index (χ1v) is 10.5. The van der Waals surface area contributed by atoms with Crippen LogP contribution >= 0.6 is 11.6 Å². The number of hydrogen-bond donors (Lipinski definition) is 1. The predicted molar refractivity (Wildman–Crippen MR) is 118 cm³/mol. The normalized spacial score (nSPS) is 17.0. The molecule has 2 aliphatic rings. The minimum Gasteiger partial charge on any atom is -0.484 e. The topological polar surface area (TPSA) is 63.3 Å². The van der Waals surface area contributed by atoms with Crippen LogP contribution < -0.4 is 19.9 Å². The molecule has 2 fully saturated rings. The van der Waals surface area contributed by atoms with E-state index in [-0.39, 0.29) is 12.5 Å². The van der Waals surface area contributed by atoms with Gasteiger partial charge < -0.3 is 29.3 Å². The molecule has 0 bridgehead atoms. The van der Waals surface area contributed by atoms with E-state index in [1.165, 1.54) is 0 Å². The van der Waals surface area contributed by atoms with Gasteiger partial charge >= 0.3 is 0 Å². The van der Waals surface area contributed by atoms with Crippen molar-refractivity contribution in [3.8, 4) is 5.75 Å². The molecule has 30 heavy (non-hydrogen) atoms. The molecule has 1 N–H and O–H groups in total. The third kappa shape index (κ3) is 5.36. The van der Waals surface area contributed by atoms with E-state index < -0.39 is 0 Å². The summed E-state index contributed by atoms with van der Waals surface area (Å²) in [6, 6.07) is 13.1. The summed E-state index contributed by atoms with van der Waals surface area (Å²) in [6.07, 6.45) is 0. The standard InChI is InChI=1S/C22H26ClN3O4/c23-17-1-4-19(5-2-17)30-16-22(27)24-20-6-3-18(25-7-11-28-12-8-25)15-21(20)26-9-13-29-14-10-26/h1-6,15H,7-14,16H2,(H,24,27). The lowest BCUT2D eigenvalue weighted by molar-refractivity contribution is -0.118. The number of benzene rings is 2. The Hall–Kier alpha value is -2.48. The van der Waals surface area contributed by atoms with Crippen molar-refractivity contribution < 1.29 is 19.0 Å². The van der Waals surface area contributed by atoms with Crippen LogP contribution in [0.4, 0.5) is 17.1 Å². The number of ether oxygens (including phenoxy) is 3. The van der Waals surface area contributed by atoms with Crippen molar-refractivity contribution in [2.45, 2.75) is 0 Å². The van der Waals surface area contributed by atoms with Gasteiger partial charge in [0.1, 0.15) is 5.75 Å². The van der Waals surface area contributed by atoms with Crippen LogP contribution in [0.5, 0.6) is 5.75 Å². The molecule has 1 amide bonds. The van der Waals surface area contributed by atoms with E-state index in [1.807, 2.05) is 12.1 Å². The van der Waals surface area contributed by atoms with Crippen molar-refractivity contribution in [1.82, 2.24) is 0 Å². The second-order valence-corrected chi connectivity index (χ2v) is 7.63. The van der Waals surface area contributed by atoms with Gasteiger partial charge in [-0.15, -0.1) is 0 Å². The number of halogens is 1. The zero-order valence-corrected chi connectivity index (χ0v) is 17.6. The van der Waals surface area contributed by atoms with Crippen molar-refractivity contribution in [1.29, 1.82) is 0 Å². The minimum atomic E-state index is -0.210. The molecule has 160 valence electrons. The van der Waals surface area contributed by atoms with Crippen LogP contribution in [0.15, 0.2) is 42.5 Å². The van der Waals surface area contributed by atoms with E-state index in [0.717, 1.165) is 56.5 Å². The van der Waals surface area contributed by atoms with Crippen LogP contribution in [0.2, 0.25) is 5.02 Å². The molecular weight excluding hydrogens is 406 g/mol. The maximum atomic E-state index is 12.5. The maximum absolute atomic E-state index is 12.5. The zero-order chi connectivity index (χ0) is 20.8. The molecule has 4 rings (SSSR count). The molecule has 0 unspecified atom stereocenters. The van der Waals surface area contributed by atoms with Crippen LogP contribution in [-0.4, -0.2) is 65.1 Å². The number of nitrogens with zero attached hydrogens (tertiary/aromatic N) is 2. The third-order valence-electron chi connectivity index (χ3n) is 5.17. The molecule has 2 saturated heterocycles. The van der Waals surface area contributed by atoms with Gasteiger partial charge in [0.05, 0.1) is 37.8 Å². The Morgan fingerprint density at radius 2 is 1.57 bits per heavy atom. The van der Waals surface area contributed by atoms with E-state index in [0.29, 0.717) is 24.0 Å². The average molecular weight is 432 g/mol. The molecule has 0 aromatic heterocycles. The van der Waals surface area contributed by atoms with Gasteiger partial charge in [0.25, 0.3) is 5.91 Å². The Morgan fingerprint density at radius 1 is 0.933 bits per heavy atom. The largest absolute Gasteiger partial charge is 0.484 e. The molecule has 0 saturated carbocycles. The van der Waals surface area contributed by atoms with Crippen molar-refractivity contribution in [2.75, 3.05) is 74.3 Å². The number of carbonyl (C=O) groups is 1. The summed E-state index contributed by atoms with van der Waals surface area (Å²) in [4.78, 5) is 17.1. The summed E-state index contributed by atoms with van der Waals surface area (Å²) in [6.45, 7) is 6.04. The lowest BCUT2D eigenvalue weighted by Gasteiger charge is -2.33. The van der Waals surface area contributed by atoms with Crippen molar-refractivity contribution in [3.63, 3.8) is 0 Å². The fourth-order valence-corrected chi connectivity index (χ4v) is 3.70. The zero-order valence-electron chi connectivity index (χ0n) is 16.8. The molecule has 2 aromatic rings.